The van der Waals surface area contributed by atoms with Crippen LogP contribution < -0.4 is 14.9 Å². The Bertz CT molecular complexity index is 999. The number of hydrogen-bond acceptors (Lipinski definition) is 5. The molecule has 1 amide bonds. The number of carbonyl (C=O) groups excluding carboxylic acids is 1. The third kappa shape index (κ3) is 4.00. The SMILES string of the molecule is CCOc1ccc2ccccc2c1/C=N\NC(=O)c1ccc(OC)cc1O. The van der Waals surface area contributed by atoms with Crippen molar-refractivity contribution >= 4 is 22.9 Å². The van der Waals surface area contributed by atoms with Gasteiger partial charge >= 0.3 is 0 Å². The molecule has 0 atom stereocenters. The molecule has 6 heteroatoms. The maximum atomic E-state index is 12.3. The first-order valence-electron chi connectivity index (χ1n) is 8.49. The van der Waals surface area contributed by atoms with Crippen LogP contribution in [0.5, 0.6) is 17.2 Å². The number of methoxy groups -OCH3 is 1. The number of hydrazone groups is 1. The van der Waals surface area contributed by atoms with Crippen LogP contribution in [0.25, 0.3) is 10.8 Å². The molecule has 0 aliphatic carbocycles. The van der Waals surface area contributed by atoms with Gasteiger partial charge in [0.05, 0.1) is 25.5 Å². The van der Waals surface area contributed by atoms with Crippen molar-refractivity contribution in [1.29, 1.82) is 0 Å². The molecule has 138 valence electrons. The second kappa shape index (κ2) is 8.23. The number of carbonyl (C=O) groups is 1. The van der Waals surface area contributed by atoms with Crippen molar-refractivity contribution in [2.75, 3.05) is 13.7 Å². The van der Waals surface area contributed by atoms with Gasteiger partial charge in [-0.3, -0.25) is 4.79 Å². The zero-order chi connectivity index (χ0) is 19.2. The minimum atomic E-state index is -0.524. The van der Waals surface area contributed by atoms with E-state index in [1.807, 2.05) is 43.3 Å². The molecule has 6 nitrogen and oxygen atoms in total. The summed E-state index contributed by atoms with van der Waals surface area (Å²) in [6.45, 7) is 2.43. The Hall–Kier alpha value is -3.54. The molecule has 0 spiro atoms. The fraction of sp³-hybridized carbons (Fsp3) is 0.143. The number of phenols is 1. The van der Waals surface area contributed by atoms with E-state index in [1.54, 1.807) is 12.3 Å². The van der Waals surface area contributed by atoms with Crippen molar-refractivity contribution in [3.63, 3.8) is 0 Å². The molecule has 3 aromatic carbocycles. The molecule has 3 aromatic rings. The number of amides is 1. The first-order valence-corrected chi connectivity index (χ1v) is 8.49. The Morgan fingerprint density at radius 2 is 2.00 bits per heavy atom. The first kappa shape index (κ1) is 18.3. The summed E-state index contributed by atoms with van der Waals surface area (Å²) in [7, 11) is 1.49. The van der Waals surface area contributed by atoms with Crippen molar-refractivity contribution in [2.45, 2.75) is 6.92 Å². The molecule has 0 saturated carbocycles. The number of aromatic hydroxyl groups is 1. The Morgan fingerprint density at radius 3 is 2.74 bits per heavy atom. The third-order valence-electron chi connectivity index (χ3n) is 4.04. The quantitative estimate of drug-likeness (QED) is 0.516. The average Bonchev–Trinajstić information content (AvgIpc) is 2.69. The summed E-state index contributed by atoms with van der Waals surface area (Å²) in [6.07, 6.45) is 1.55. The van der Waals surface area contributed by atoms with Crippen LogP contribution in [0, 0.1) is 0 Å². The lowest BCUT2D eigenvalue weighted by atomic mass is 10.0. The van der Waals surface area contributed by atoms with Crippen molar-refractivity contribution in [3.05, 3.63) is 65.7 Å². The summed E-state index contributed by atoms with van der Waals surface area (Å²) in [5, 5.41) is 16.0. The molecule has 0 aromatic heterocycles. The predicted octanol–water partition coefficient (Wildman–Crippen LogP) is 3.72. The highest BCUT2D eigenvalue weighted by molar-refractivity contribution is 6.03. The minimum absolute atomic E-state index is 0.107. The zero-order valence-electron chi connectivity index (χ0n) is 15.1. The van der Waals surface area contributed by atoms with Crippen LogP contribution in [0.2, 0.25) is 0 Å². The highest BCUT2D eigenvalue weighted by Crippen LogP contribution is 2.27. The fourth-order valence-electron chi connectivity index (χ4n) is 2.74. The number of nitrogens with zero attached hydrogens (tertiary/aromatic N) is 1. The second-order valence-electron chi connectivity index (χ2n) is 5.71. The highest BCUT2D eigenvalue weighted by atomic mass is 16.5. The number of nitrogens with one attached hydrogen (secondary N) is 1. The summed E-state index contributed by atoms with van der Waals surface area (Å²) in [4.78, 5) is 12.3. The maximum Gasteiger partial charge on any atom is 0.275 e. The maximum absolute atomic E-state index is 12.3. The third-order valence-corrected chi connectivity index (χ3v) is 4.04. The van der Waals surface area contributed by atoms with Gasteiger partial charge in [-0.15, -0.1) is 0 Å². The van der Waals surface area contributed by atoms with Crippen LogP contribution in [0.1, 0.15) is 22.8 Å². The van der Waals surface area contributed by atoms with Gasteiger partial charge in [0, 0.05) is 11.6 Å². The Kier molecular flexibility index (Phi) is 5.56. The molecule has 0 bridgehead atoms. The minimum Gasteiger partial charge on any atom is -0.507 e. The number of hydrogen-bond donors (Lipinski definition) is 2. The highest BCUT2D eigenvalue weighted by Gasteiger charge is 2.12. The van der Waals surface area contributed by atoms with Crippen LogP contribution >= 0.6 is 0 Å². The van der Waals surface area contributed by atoms with Crippen molar-refractivity contribution < 1.29 is 19.4 Å². The molecular weight excluding hydrogens is 344 g/mol. The second-order valence-corrected chi connectivity index (χ2v) is 5.71. The van der Waals surface area contributed by atoms with Gasteiger partial charge in [0.15, 0.2) is 0 Å². The lowest BCUT2D eigenvalue weighted by Gasteiger charge is -2.10. The Balaban J connectivity index is 1.85. The van der Waals surface area contributed by atoms with Crippen molar-refractivity contribution in [3.8, 4) is 17.2 Å². The molecule has 0 saturated heterocycles. The van der Waals surface area contributed by atoms with Crippen LogP contribution in [0.15, 0.2) is 59.7 Å². The largest absolute Gasteiger partial charge is 0.507 e. The number of ether oxygens (including phenoxy) is 2. The summed E-state index contributed by atoms with van der Waals surface area (Å²) < 4.78 is 10.7. The van der Waals surface area contributed by atoms with E-state index in [9.17, 15) is 9.90 Å². The van der Waals surface area contributed by atoms with Crippen molar-refractivity contribution in [1.82, 2.24) is 5.43 Å². The summed E-state index contributed by atoms with van der Waals surface area (Å²) in [5.41, 5.74) is 3.31. The molecule has 0 radical (unpaired) electrons. The lowest BCUT2D eigenvalue weighted by molar-refractivity contribution is 0.0952. The van der Waals surface area contributed by atoms with E-state index < -0.39 is 5.91 Å². The summed E-state index contributed by atoms with van der Waals surface area (Å²) >= 11 is 0. The molecule has 3 rings (SSSR count). The molecule has 0 aliphatic rings. The van der Waals surface area contributed by atoms with Crippen LogP contribution in [-0.4, -0.2) is 30.9 Å². The van der Waals surface area contributed by atoms with Gasteiger partial charge in [-0.05, 0) is 35.9 Å². The van der Waals surface area contributed by atoms with E-state index in [0.29, 0.717) is 18.1 Å². The van der Waals surface area contributed by atoms with E-state index in [2.05, 4.69) is 10.5 Å². The molecule has 0 fully saturated rings. The molecule has 0 unspecified atom stereocenters. The molecule has 27 heavy (non-hydrogen) atoms. The molecular formula is C21H20N2O4. The average molecular weight is 364 g/mol. The molecule has 0 heterocycles. The van der Waals surface area contributed by atoms with Gasteiger partial charge in [-0.25, -0.2) is 5.43 Å². The van der Waals surface area contributed by atoms with Gasteiger partial charge in [-0.2, -0.15) is 5.10 Å². The van der Waals surface area contributed by atoms with Crippen LogP contribution in [-0.2, 0) is 0 Å². The number of rotatable bonds is 6. The van der Waals surface area contributed by atoms with Crippen molar-refractivity contribution in [2.24, 2.45) is 5.10 Å². The number of phenolic OH excluding ortho intramolecular Hbond substituents is 1. The Morgan fingerprint density at radius 1 is 1.19 bits per heavy atom. The van der Waals surface area contributed by atoms with Gasteiger partial charge < -0.3 is 14.6 Å². The number of benzene rings is 3. The smallest absolute Gasteiger partial charge is 0.275 e. The monoisotopic (exact) mass is 364 g/mol. The van der Waals surface area contributed by atoms with Crippen LogP contribution in [0.4, 0.5) is 0 Å². The van der Waals surface area contributed by atoms with E-state index in [1.165, 1.54) is 19.2 Å². The van der Waals surface area contributed by atoms with E-state index in [-0.39, 0.29) is 11.3 Å². The lowest BCUT2D eigenvalue weighted by Crippen LogP contribution is -2.17. The van der Waals surface area contributed by atoms with Gasteiger partial charge in [-0.1, -0.05) is 30.3 Å². The first-order chi connectivity index (χ1) is 13.1. The predicted molar refractivity (Wildman–Crippen MR) is 105 cm³/mol. The fourth-order valence-corrected chi connectivity index (χ4v) is 2.74. The molecule has 0 aliphatic heterocycles. The van der Waals surface area contributed by atoms with Crippen LogP contribution in [0.3, 0.4) is 0 Å². The summed E-state index contributed by atoms with van der Waals surface area (Å²) in [5.74, 6) is 0.443. The number of fused-ring (bicyclic) bond motifs is 1. The van der Waals surface area contributed by atoms with E-state index in [0.717, 1.165) is 16.3 Å². The van der Waals surface area contributed by atoms with Gasteiger partial charge in [0.2, 0.25) is 0 Å². The van der Waals surface area contributed by atoms with E-state index >= 15 is 0 Å². The molecule has 2 N–H and O–H groups in total. The summed E-state index contributed by atoms with van der Waals surface area (Å²) in [6, 6.07) is 16.2. The van der Waals surface area contributed by atoms with Gasteiger partial charge in [0.25, 0.3) is 5.91 Å². The van der Waals surface area contributed by atoms with Gasteiger partial charge in [0.1, 0.15) is 17.2 Å². The topological polar surface area (TPSA) is 80.2 Å². The normalized spacial score (nSPS) is 10.9. The standard InChI is InChI=1S/C21H20N2O4/c1-3-27-20-11-8-14-6-4-5-7-16(14)18(20)13-22-23-21(25)17-10-9-15(26-2)12-19(17)24/h4-13,24H,3H2,1-2H3,(H,23,25)/b22-13-. The zero-order valence-corrected chi connectivity index (χ0v) is 15.1. The van der Waals surface area contributed by atoms with E-state index in [4.69, 9.17) is 9.47 Å². The Labute approximate surface area is 157 Å².